The van der Waals surface area contributed by atoms with Crippen LogP contribution >= 0.6 is 0 Å². The molecule has 0 bridgehead atoms. The van der Waals surface area contributed by atoms with Gasteiger partial charge in [-0.25, -0.2) is 9.78 Å². The molecule has 1 aliphatic heterocycles. The average Bonchev–Trinajstić information content (AvgIpc) is 3.16. The van der Waals surface area contributed by atoms with E-state index < -0.39 is 11.5 Å². The Morgan fingerprint density at radius 2 is 2.00 bits per heavy atom. The topological polar surface area (TPSA) is 88.6 Å². The van der Waals surface area contributed by atoms with Crippen LogP contribution < -0.4 is 0 Å². The molecule has 1 fully saturated rings. The van der Waals surface area contributed by atoms with Gasteiger partial charge < -0.3 is 19.0 Å². The number of carbonyl (C=O) groups is 2. The van der Waals surface area contributed by atoms with Crippen LogP contribution in [0.3, 0.4) is 0 Å². The second kappa shape index (κ2) is 5.57. The number of nitrogens with zero attached hydrogens (tertiary/aromatic N) is 3. The first-order valence-electron chi connectivity index (χ1n) is 7.52. The van der Waals surface area contributed by atoms with Gasteiger partial charge in [0, 0.05) is 25.5 Å². The number of furan rings is 1. The number of imidazole rings is 1. The summed E-state index contributed by atoms with van der Waals surface area (Å²) in [5, 5.41) is 9.68. The van der Waals surface area contributed by atoms with Crippen molar-refractivity contribution in [2.75, 3.05) is 13.1 Å². The second-order valence-electron chi connectivity index (χ2n) is 5.93. The lowest BCUT2D eigenvalue weighted by molar-refractivity contribution is -0.150. The van der Waals surface area contributed by atoms with Crippen LogP contribution in [0.15, 0.2) is 29.2 Å². The average molecular weight is 317 g/mol. The molecule has 122 valence electrons. The second-order valence-corrected chi connectivity index (χ2v) is 5.93. The Hall–Kier alpha value is -2.57. The number of aromatic nitrogens is 2. The minimum absolute atomic E-state index is 0.107. The lowest BCUT2D eigenvalue weighted by Crippen LogP contribution is -2.52. The largest absolute Gasteiger partial charge is 0.479 e. The Kier molecular flexibility index (Phi) is 3.71. The zero-order valence-electron chi connectivity index (χ0n) is 13.2. The molecule has 0 spiro atoms. The number of carboxylic acids is 1. The quantitative estimate of drug-likeness (QED) is 0.932. The van der Waals surface area contributed by atoms with Gasteiger partial charge in [-0.3, -0.25) is 4.79 Å². The summed E-state index contributed by atoms with van der Waals surface area (Å²) in [4.78, 5) is 30.0. The van der Waals surface area contributed by atoms with Crippen molar-refractivity contribution in [3.63, 3.8) is 0 Å². The van der Waals surface area contributed by atoms with Gasteiger partial charge in [0.25, 0.3) is 5.91 Å². The molecule has 2 aromatic heterocycles. The Morgan fingerprint density at radius 3 is 2.48 bits per heavy atom. The monoisotopic (exact) mass is 317 g/mol. The van der Waals surface area contributed by atoms with E-state index in [1.807, 2.05) is 0 Å². The van der Waals surface area contributed by atoms with E-state index in [1.54, 1.807) is 41.8 Å². The molecule has 7 heteroatoms. The minimum atomic E-state index is -1.03. The van der Waals surface area contributed by atoms with E-state index in [2.05, 4.69) is 4.98 Å². The predicted octanol–water partition coefficient (Wildman–Crippen LogP) is 1.81. The van der Waals surface area contributed by atoms with Crippen molar-refractivity contribution in [3.8, 4) is 0 Å². The number of hydrogen-bond acceptors (Lipinski definition) is 4. The highest BCUT2D eigenvalue weighted by Crippen LogP contribution is 2.31. The van der Waals surface area contributed by atoms with Crippen molar-refractivity contribution in [1.82, 2.24) is 14.5 Å². The maximum absolute atomic E-state index is 12.6. The zero-order chi connectivity index (χ0) is 16.6. The van der Waals surface area contributed by atoms with Gasteiger partial charge in [-0.1, -0.05) is 0 Å². The van der Waals surface area contributed by atoms with E-state index >= 15 is 0 Å². The summed E-state index contributed by atoms with van der Waals surface area (Å²) in [6.07, 6.45) is 5.45. The van der Waals surface area contributed by atoms with Gasteiger partial charge in [0.05, 0.1) is 11.9 Å². The summed E-state index contributed by atoms with van der Waals surface area (Å²) < 4.78 is 7.04. The molecule has 1 saturated heterocycles. The van der Waals surface area contributed by atoms with Gasteiger partial charge in [0.1, 0.15) is 17.1 Å². The normalized spacial score (nSPS) is 17.2. The fraction of sp³-hybridized carbons (Fsp3) is 0.438. The summed E-state index contributed by atoms with van der Waals surface area (Å²) in [7, 11) is 0. The summed E-state index contributed by atoms with van der Waals surface area (Å²) >= 11 is 0. The Balaban J connectivity index is 1.78. The molecule has 0 saturated carbocycles. The smallest absolute Gasteiger partial charge is 0.330 e. The van der Waals surface area contributed by atoms with Crippen molar-refractivity contribution in [2.45, 2.75) is 32.2 Å². The third kappa shape index (κ3) is 2.52. The first kappa shape index (κ1) is 15.3. The highest BCUT2D eigenvalue weighted by atomic mass is 16.4. The van der Waals surface area contributed by atoms with Crippen molar-refractivity contribution in [2.24, 2.45) is 0 Å². The van der Waals surface area contributed by atoms with Gasteiger partial charge in [0.15, 0.2) is 0 Å². The molecule has 0 aromatic carbocycles. The summed E-state index contributed by atoms with van der Waals surface area (Å²) in [5.41, 5.74) is -0.484. The fourth-order valence-electron chi connectivity index (χ4n) is 3.19. The molecule has 1 N–H and O–H groups in total. The highest BCUT2D eigenvalue weighted by Gasteiger charge is 2.44. The molecule has 23 heavy (non-hydrogen) atoms. The standard InChI is InChI=1S/C16H19N3O4/c1-11-9-13(12(2)23-11)14(20)18-6-3-16(4-7-18,15(21)22)19-8-5-17-10-19/h5,8-10H,3-4,6-7H2,1-2H3,(H,21,22). The van der Waals surface area contributed by atoms with E-state index in [9.17, 15) is 14.7 Å². The maximum Gasteiger partial charge on any atom is 0.330 e. The first-order valence-corrected chi connectivity index (χ1v) is 7.52. The van der Waals surface area contributed by atoms with Gasteiger partial charge in [-0.05, 0) is 32.8 Å². The van der Waals surface area contributed by atoms with E-state index in [0.717, 1.165) is 0 Å². The number of amides is 1. The summed E-state index contributed by atoms with van der Waals surface area (Å²) in [5.74, 6) is 0.292. The Labute approximate surface area is 133 Å². The number of aryl methyl sites for hydroxylation is 2. The van der Waals surface area contributed by atoms with Gasteiger partial charge in [0.2, 0.25) is 0 Å². The third-order valence-corrected chi connectivity index (χ3v) is 4.55. The molecule has 1 aliphatic rings. The van der Waals surface area contributed by atoms with Gasteiger partial charge >= 0.3 is 5.97 Å². The lowest BCUT2D eigenvalue weighted by atomic mass is 9.87. The van der Waals surface area contributed by atoms with Crippen LogP contribution in [-0.4, -0.2) is 44.5 Å². The van der Waals surface area contributed by atoms with Crippen LogP contribution in [0, 0.1) is 13.8 Å². The molecular formula is C16H19N3O4. The fourth-order valence-corrected chi connectivity index (χ4v) is 3.19. The van der Waals surface area contributed by atoms with Crippen LogP contribution in [0.4, 0.5) is 0 Å². The molecule has 0 unspecified atom stereocenters. The molecule has 0 aliphatic carbocycles. The molecule has 3 heterocycles. The molecule has 0 atom stereocenters. The number of likely N-dealkylation sites (tertiary alicyclic amines) is 1. The number of hydrogen-bond donors (Lipinski definition) is 1. The Morgan fingerprint density at radius 1 is 1.30 bits per heavy atom. The van der Waals surface area contributed by atoms with E-state index in [-0.39, 0.29) is 5.91 Å². The van der Waals surface area contributed by atoms with Crippen molar-refractivity contribution < 1.29 is 19.1 Å². The number of carboxylic acid groups (broad SMARTS) is 1. The molecule has 0 radical (unpaired) electrons. The number of rotatable bonds is 3. The lowest BCUT2D eigenvalue weighted by Gasteiger charge is -2.39. The van der Waals surface area contributed by atoms with Crippen LogP contribution in [0.1, 0.15) is 34.7 Å². The molecule has 2 aromatic rings. The number of piperidine rings is 1. The van der Waals surface area contributed by atoms with Crippen molar-refractivity contribution >= 4 is 11.9 Å². The summed E-state index contributed by atoms with van der Waals surface area (Å²) in [6, 6.07) is 1.73. The van der Waals surface area contributed by atoms with Crippen LogP contribution in [0.25, 0.3) is 0 Å². The maximum atomic E-state index is 12.6. The third-order valence-electron chi connectivity index (χ3n) is 4.55. The summed E-state index contributed by atoms with van der Waals surface area (Å²) in [6.45, 7) is 4.33. The molecule has 3 rings (SSSR count). The van der Waals surface area contributed by atoms with Gasteiger partial charge in [-0.2, -0.15) is 0 Å². The van der Waals surface area contributed by atoms with E-state index in [0.29, 0.717) is 43.0 Å². The Bertz CT molecular complexity index is 725. The molecule has 7 nitrogen and oxygen atoms in total. The minimum Gasteiger partial charge on any atom is -0.479 e. The van der Waals surface area contributed by atoms with Gasteiger partial charge in [-0.15, -0.1) is 0 Å². The van der Waals surface area contributed by atoms with E-state index in [4.69, 9.17) is 4.42 Å². The number of carbonyl (C=O) groups excluding carboxylic acids is 1. The van der Waals surface area contributed by atoms with Crippen molar-refractivity contribution in [1.29, 1.82) is 0 Å². The molecule has 1 amide bonds. The number of aliphatic carboxylic acids is 1. The van der Waals surface area contributed by atoms with Crippen LogP contribution in [0.5, 0.6) is 0 Å². The van der Waals surface area contributed by atoms with E-state index in [1.165, 1.54) is 6.33 Å². The highest BCUT2D eigenvalue weighted by molar-refractivity contribution is 5.95. The predicted molar refractivity (Wildman–Crippen MR) is 81.2 cm³/mol. The van der Waals surface area contributed by atoms with Crippen LogP contribution in [0.2, 0.25) is 0 Å². The zero-order valence-corrected chi connectivity index (χ0v) is 13.2. The first-order chi connectivity index (χ1) is 10.9. The SMILES string of the molecule is Cc1cc(C(=O)N2CCC(C(=O)O)(n3ccnc3)CC2)c(C)o1. The van der Waals surface area contributed by atoms with Crippen molar-refractivity contribution in [3.05, 3.63) is 41.9 Å². The molecular weight excluding hydrogens is 298 g/mol. The van der Waals surface area contributed by atoms with Crippen LogP contribution in [-0.2, 0) is 10.3 Å².